The Balaban J connectivity index is 2.44. The second-order valence-corrected chi connectivity index (χ2v) is 3.74. The summed E-state index contributed by atoms with van der Waals surface area (Å²) in [7, 11) is 2.62. The normalized spacial score (nSPS) is 20.0. The number of hydrogen-bond donors (Lipinski definition) is 0. The van der Waals surface area contributed by atoms with E-state index in [-0.39, 0.29) is 17.3 Å². The molecule has 0 saturated heterocycles. The predicted octanol–water partition coefficient (Wildman–Crippen LogP) is 1.24. The Bertz CT molecular complexity index is 567. The molecule has 1 heterocycles. The van der Waals surface area contributed by atoms with Crippen LogP contribution < -0.4 is 0 Å². The van der Waals surface area contributed by atoms with Gasteiger partial charge < -0.3 is 9.94 Å². The van der Waals surface area contributed by atoms with Crippen LogP contribution in [0.1, 0.15) is 5.56 Å². The van der Waals surface area contributed by atoms with Gasteiger partial charge in [-0.1, -0.05) is 30.3 Å². The molecular formula is C13H12N2O3. The first-order valence-corrected chi connectivity index (χ1v) is 5.36. The fourth-order valence-corrected chi connectivity index (χ4v) is 1.66. The van der Waals surface area contributed by atoms with Gasteiger partial charge in [-0.05, 0) is 11.6 Å². The molecule has 0 atom stereocenters. The van der Waals surface area contributed by atoms with E-state index in [0.29, 0.717) is 4.74 Å². The average molecular weight is 244 g/mol. The van der Waals surface area contributed by atoms with Crippen LogP contribution >= 0.6 is 0 Å². The van der Waals surface area contributed by atoms with Crippen LogP contribution in [0, 0.1) is 5.21 Å². The van der Waals surface area contributed by atoms with Crippen molar-refractivity contribution in [2.75, 3.05) is 14.2 Å². The number of allylic oxidation sites excluding steroid dienone is 1. The SMILES string of the molecule is COC1=NC(=C\c2ccccc2)/C(=O)/C1=[N+](\C)[O-]. The summed E-state index contributed by atoms with van der Waals surface area (Å²) >= 11 is 0. The topological polar surface area (TPSA) is 64.7 Å². The molecule has 0 aromatic heterocycles. The number of ketones is 1. The summed E-state index contributed by atoms with van der Waals surface area (Å²) in [6.07, 6.45) is 1.62. The molecule has 0 radical (unpaired) electrons. The van der Waals surface area contributed by atoms with E-state index < -0.39 is 5.78 Å². The van der Waals surface area contributed by atoms with Crippen molar-refractivity contribution in [2.24, 2.45) is 4.99 Å². The van der Waals surface area contributed by atoms with Crippen molar-refractivity contribution in [1.82, 2.24) is 0 Å². The summed E-state index contributed by atoms with van der Waals surface area (Å²) in [5.41, 5.74) is 0.977. The van der Waals surface area contributed by atoms with E-state index in [0.717, 1.165) is 5.56 Å². The lowest BCUT2D eigenvalue weighted by Crippen LogP contribution is -2.27. The molecule has 0 fully saturated rings. The van der Waals surface area contributed by atoms with Gasteiger partial charge in [-0.25, -0.2) is 9.73 Å². The Morgan fingerprint density at radius 2 is 2.00 bits per heavy atom. The van der Waals surface area contributed by atoms with Crippen LogP contribution in [-0.2, 0) is 9.53 Å². The van der Waals surface area contributed by atoms with Crippen molar-refractivity contribution in [1.29, 1.82) is 0 Å². The molecule has 92 valence electrons. The van der Waals surface area contributed by atoms with Gasteiger partial charge in [0.2, 0.25) is 0 Å². The van der Waals surface area contributed by atoms with E-state index in [1.54, 1.807) is 6.08 Å². The van der Waals surface area contributed by atoms with E-state index in [9.17, 15) is 10.0 Å². The van der Waals surface area contributed by atoms with Gasteiger partial charge in [-0.15, -0.1) is 0 Å². The Morgan fingerprint density at radius 3 is 2.50 bits per heavy atom. The lowest BCUT2D eigenvalue weighted by Gasteiger charge is -2.00. The highest BCUT2D eigenvalue weighted by atomic mass is 16.5. The fourth-order valence-electron chi connectivity index (χ4n) is 1.66. The van der Waals surface area contributed by atoms with E-state index in [2.05, 4.69) is 4.99 Å². The lowest BCUT2D eigenvalue weighted by atomic mass is 10.1. The standard InChI is InChI=1S/C13H12N2O3/c1-15(17)11-12(16)10(14-13(11)18-2)8-9-6-4-3-5-7-9/h3-8H,1-2H3/b10-8-,15-11-. The Hall–Kier alpha value is -2.43. The first kappa shape index (κ1) is 12.0. The molecule has 0 bridgehead atoms. The molecule has 0 unspecified atom stereocenters. The number of carbonyl (C=O) groups is 1. The zero-order valence-corrected chi connectivity index (χ0v) is 10.1. The number of nitrogens with zero attached hydrogens (tertiary/aromatic N) is 2. The number of Topliss-reactive ketones (excluding diaryl/α,β-unsaturated/α-hetero) is 1. The molecule has 0 N–H and O–H groups in total. The van der Waals surface area contributed by atoms with Crippen molar-refractivity contribution >= 4 is 23.5 Å². The quantitative estimate of drug-likeness (QED) is 0.323. The molecule has 1 aliphatic heterocycles. The van der Waals surface area contributed by atoms with E-state index in [1.807, 2.05) is 30.3 Å². The fraction of sp³-hybridized carbons (Fsp3) is 0.154. The lowest BCUT2D eigenvalue weighted by molar-refractivity contribution is -0.420. The second-order valence-electron chi connectivity index (χ2n) is 3.74. The molecule has 0 aliphatic carbocycles. The van der Waals surface area contributed by atoms with Gasteiger partial charge in [0.05, 0.1) is 7.11 Å². The van der Waals surface area contributed by atoms with Crippen molar-refractivity contribution in [3.63, 3.8) is 0 Å². The van der Waals surface area contributed by atoms with Gasteiger partial charge in [0.25, 0.3) is 11.7 Å². The smallest absolute Gasteiger partial charge is 0.323 e. The van der Waals surface area contributed by atoms with Crippen LogP contribution in [-0.4, -0.2) is 36.3 Å². The van der Waals surface area contributed by atoms with Crippen molar-refractivity contribution in [3.05, 3.63) is 46.8 Å². The van der Waals surface area contributed by atoms with E-state index in [1.165, 1.54) is 14.2 Å². The van der Waals surface area contributed by atoms with E-state index in [4.69, 9.17) is 4.74 Å². The first-order chi connectivity index (χ1) is 8.63. The minimum absolute atomic E-state index is 0.0553. The Labute approximate surface area is 104 Å². The number of hydrogen-bond acceptors (Lipinski definition) is 4. The zero-order valence-electron chi connectivity index (χ0n) is 10.1. The molecule has 0 amide bonds. The van der Waals surface area contributed by atoms with Crippen LogP contribution in [0.4, 0.5) is 0 Å². The minimum Gasteiger partial charge on any atom is -0.623 e. The second kappa shape index (κ2) is 4.83. The maximum atomic E-state index is 12.0. The zero-order chi connectivity index (χ0) is 13.1. The number of methoxy groups -OCH3 is 1. The van der Waals surface area contributed by atoms with Crippen LogP contribution in [0.3, 0.4) is 0 Å². The van der Waals surface area contributed by atoms with Crippen LogP contribution in [0.5, 0.6) is 0 Å². The third kappa shape index (κ3) is 2.15. The largest absolute Gasteiger partial charge is 0.623 e. The highest BCUT2D eigenvalue weighted by Crippen LogP contribution is 2.16. The van der Waals surface area contributed by atoms with Crippen molar-refractivity contribution < 1.29 is 14.3 Å². The third-order valence-corrected chi connectivity index (χ3v) is 2.48. The summed E-state index contributed by atoms with van der Waals surface area (Å²) in [4.78, 5) is 16.0. The summed E-state index contributed by atoms with van der Waals surface area (Å²) in [6, 6.07) is 9.29. The highest BCUT2D eigenvalue weighted by molar-refractivity contribution is 6.70. The molecule has 5 heteroatoms. The summed E-state index contributed by atoms with van der Waals surface area (Å²) in [6.45, 7) is 0. The maximum absolute atomic E-state index is 12.0. The summed E-state index contributed by atoms with van der Waals surface area (Å²) < 4.78 is 5.40. The van der Waals surface area contributed by atoms with Gasteiger partial charge in [0.1, 0.15) is 12.7 Å². The molecule has 0 saturated carbocycles. The number of rotatable bonds is 1. The van der Waals surface area contributed by atoms with Gasteiger partial charge >= 0.3 is 5.71 Å². The van der Waals surface area contributed by atoms with E-state index >= 15 is 0 Å². The molecule has 2 rings (SSSR count). The number of hydroxylamine groups is 1. The minimum atomic E-state index is -0.423. The average Bonchev–Trinajstić information content (AvgIpc) is 2.67. The summed E-state index contributed by atoms with van der Waals surface area (Å²) in [5.74, 6) is -0.368. The molecular weight excluding hydrogens is 232 g/mol. The predicted molar refractivity (Wildman–Crippen MR) is 68.4 cm³/mol. The van der Waals surface area contributed by atoms with Crippen molar-refractivity contribution in [3.8, 4) is 0 Å². The Kier molecular flexibility index (Phi) is 3.23. The Morgan fingerprint density at radius 1 is 1.33 bits per heavy atom. The number of aliphatic imine (C=N–C) groups is 1. The van der Waals surface area contributed by atoms with Gasteiger partial charge in [-0.2, -0.15) is 0 Å². The molecule has 0 spiro atoms. The number of benzene rings is 1. The highest BCUT2D eigenvalue weighted by Gasteiger charge is 2.36. The molecule has 18 heavy (non-hydrogen) atoms. The number of ether oxygens (including phenoxy) is 1. The van der Waals surface area contributed by atoms with Crippen LogP contribution in [0.25, 0.3) is 6.08 Å². The van der Waals surface area contributed by atoms with Crippen LogP contribution in [0.2, 0.25) is 0 Å². The third-order valence-electron chi connectivity index (χ3n) is 2.48. The molecule has 5 nitrogen and oxygen atoms in total. The van der Waals surface area contributed by atoms with Crippen molar-refractivity contribution in [2.45, 2.75) is 0 Å². The molecule has 1 aliphatic rings. The molecule has 1 aromatic rings. The monoisotopic (exact) mass is 244 g/mol. The van der Waals surface area contributed by atoms with Gasteiger partial charge in [0, 0.05) is 0 Å². The molecule has 1 aromatic carbocycles. The maximum Gasteiger partial charge on any atom is 0.323 e. The summed E-state index contributed by atoms with van der Waals surface area (Å²) in [5, 5.41) is 11.3. The van der Waals surface area contributed by atoms with Crippen LogP contribution in [0.15, 0.2) is 41.0 Å². The van der Waals surface area contributed by atoms with Gasteiger partial charge in [-0.3, -0.25) is 4.79 Å². The first-order valence-electron chi connectivity index (χ1n) is 5.36. The van der Waals surface area contributed by atoms with Gasteiger partial charge in [0.15, 0.2) is 0 Å². The number of carbonyl (C=O) groups excluding carboxylic acids is 1.